The van der Waals surface area contributed by atoms with Crippen molar-refractivity contribution in [3.8, 4) is 11.5 Å². The summed E-state index contributed by atoms with van der Waals surface area (Å²) in [6.45, 7) is 4.17. The third kappa shape index (κ3) is 4.39. The van der Waals surface area contributed by atoms with Gasteiger partial charge in [-0.15, -0.1) is 0 Å². The molecule has 2 fully saturated rings. The van der Waals surface area contributed by atoms with Gasteiger partial charge < -0.3 is 28.7 Å². The highest BCUT2D eigenvalue weighted by Gasteiger charge is 2.40. The van der Waals surface area contributed by atoms with Crippen molar-refractivity contribution >= 4 is 17.5 Å². The van der Waals surface area contributed by atoms with Crippen LogP contribution in [0.25, 0.3) is 0 Å². The molecule has 8 nitrogen and oxygen atoms in total. The topological polar surface area (TPSA) is 77.5 Å². The highest BCUT2D eigenvalue weighted by atomic mass is 16.7. The van der Waals surface area contributed by atoms with E-state index in [1.807, 2.05) is 4.90 Å². The van der Waals surface area contributed by atoms with E-state index in [2.05, 4.69) is 0 Å². The molecule has 154 valence electrons. The van der Waals surface area contributed by atoms with Crippen LogP contribution in [0.15, 0.2) is 18.2 Å². The summed E-state index contributed by atoms with van der Waals surface area (Å²) in [6, 6.07) is 5.25. The molecule has 28 heavy (non-hydrogen) atoms. The van der Waals surface area contributed by atoms with Crippen molar-refractivity contribution in [3.63, 3.8) is 0 Å². The van der Waals surface area contributed by atoms with E-state index < -0.39 is 5.79 Å². The number of ether oxygens (including phenoxy) is 4. The summed E-state index contributed by atoms with van der Waals surface area (Å²) in [5, 5.41) is 0. The smallest absolute Gasteiger partial charge is 0.224 e. The lowest BCUT2D eigenvalue weighted by Gasteiger charge is -2.37. The number of anilines is 1. The van der Waals surface area contributed by atoms with Crippen molar-refractivity contribution in [2.75, 3.05) is 52.0 Å². The second kappa shape index (κ2) is 8.79. The predicted molar refractivity (Wildman–Crippen MR) is 103 cm³/mol. The van der Waals surface area contributed by atoms with E-state index in [4.69, 9.17) is 18.9 Å². The van der Waals surface area contributed by atoms with Gasteiger partial charge in [-0.2, -0.15) is 0 Å². The Morgan fingerprint density at radius 1 is 1.14 bits per heavy atom. The quantitative estimate of drug-likeness (QED) is 0.735. The highest BCUT2D eigenvalue weighted by molar-refractivity contribution is 5.94. The summed E-state index contributed by atoms with van der Waals surface area (Å²) < 4.78 is 22.0. The molecule has 2 amide bonds. The maximum atomic E-state index is 12.7. The van der Waals surface area contributed by atoms with E-state index in [-0.39, 0.29) is 24.8 Å². The lowest BCUT2D eigenvalue weighted by molar-refractivity contribution is -0.187. The van der Waals surface area contributed by atoms with Gasteiger partial charge >= 0.3 is 0 Å². The highest BCUT2D eigenvalue weighted by Crippen LogP contribution is 2.33. The minimum Gasteiger partial charge on any atom is -0.497 e. The molecule has 1 aromatic rings. The van der Waals surface area contributed by atoms with Crippen molar-refractivity contribution in [1.82, 2.24) is 4.90 Å². The third-order valence-corrected chi connectivity index (χ3v) is 5.30. The van der Waals surface area contributed by atoms with Gasteiger partial charge in [-0.3, -0.25) is 9.59 Å². The zero-order valence-electron chi connectivity index (χ0n) is 16.7. The van der Waals surface area contributed by atoms with Crippen LogP contribution in [0.3, 0.4) is 0 Å². The Morgan fingerprint density at radius 3 is 2.39 bits per heavy atom. The van der Waals surface area contributed by atoms with E-state index in [1.165, 1.54) is 6.92 Å². The Morgan fingerprint density at radius 2 is 1.82 bits per heavy atom. The average molecular weight is 392 g/mol. The van der Waals surface area contributed by atoms with Crippen LogP contribution in [0.1, 0.15) is 26.2 Å². The largest absolute Gasteiger partial charge is 0.497 e. The van der Waals surface area contributed by atoms with E-state index in [9.17, 15) is 9.59 Å². The standard InChI is InChI=1S/C20H28N2O6/c1-15(23)22(17-14-16(25-2)4-5-18(17)26-3)9-6-19(24)21-10-7-20(8-11-21)27-12-13-28-20/h4-5,14H,6-13H2,1-3H3. The fourth-order valence-electron chi connectivity index (χ4n) is 3.70. The molecule has 2 heterocycles. The van der Waals surface area contributed by atoms with Crippen LogP contribution in [0.2, 0.25) is 0 Å². The van der Waals surface area contributed by atoms with Gasteiger partial charge in [0.1, 0.15) is 11.5 Å². The minimum atomic E-state index is -0.504. The van der Waals surface area contributed by atoms with E-state index in [0.29, 0.717) is 56.3 Å². The molecule has 0 bridgehead atoms. The summed E-state index contributed by atoms with van der Waals surface area (Å²) in [6.07, 6.45) is 1.59. The zero-order valence-corrected chi connectivity index (χ0v) is 16.7. The first-order chi connectivity index (χ1) is 13.5. The third-order valence-electron chi connectivity index (χ3n) is 5.30. The summed E-state index contributed by atoms with van der Waals surface area (Å²) in [5.74, 6) is 0.520. The van der Waals surface area contributed by atoms with Crippen LogP contribution in [0.4, 0.5) is 5.69 Å². The maximum Gasteiger partial charge on any atom is 0.224 e. The number of amides is 2. The van der Waals surface area contributed by atoms with Crippen molar-refractivity contribution in [2.45, 2.75) is 32.0 Å². The SMILES string of the molecule is COc1ccc(OC)c(N(CCC(=O)N2CCC3(CC2)OCCO3)C(C)=O)c1. The van der Waals surface area contributed by atoms with Crippen LogP contribution in [-0.4, -0.2) is 69.6 Å². The molecule has 2 saturated heterocycles. The van der Waals surface area contributed by atoms with Crippen LogP contribution in [-0.2, 0) is 19.1 Å². The number of hydrogen-bond donors (Lipinski definition) is 0. The molecule has 0 N–H and O–H groups in total. The average Bonchev–Trinajstić information content (AvgIpc) is 3.16. The van der Waals surface area contributed by atoms with Crippen molar-refractivity contribution in [2.24, 2.45) is 0 Å². The molecule has 0 radical (unpaired) electrons. The Kier molecular flexibility index (Phi) is 6.41. The minimum absolute atomic E-state index is 0.0148. The van der Waals surface area contributed by atoms with Gasteiger partial charge in [-0.05, 0) is 12.1 Å². The van der Waals surface area contributed by atoms with Gasteiger partial charge in [0.05, 0.1) is 33.1 Å². The van der Waals surface area contributed by atoms with E-state index in [1.54, 1.807) is 37.3 Å². The number of nitrogens with zero attached hydrogens (tertiary/aromatic N) is 2. The summed E-state index contributed by atoms with van der Waals surface area (Å²) in [5.41, 5.74) is 0.590. The first kappa shape index (κ1) is 20.4. The molecule has 1 aromatic carbocycles. The molecule has 0 atom stereocenters. The molecule has 3 rings (SSSR count). The summed E-state index contributed by atoms with van der Waals surface area (Å²) >= 11 is 0. The van der Waals surface area contributed by atoms with Crippen molar-refractivity contribution in [1.29, 1.82) is 0 Å². The molecule has 2 aliphatic heterocycles. The molecule has 0 unspecified atom stereocenters. The van der Waals surface area contributed by atoms with Gasteiger partial charge in [0.15, 0.2) is 5.79 Å². The lowest BCUT2D eigenvalue weighted by Crippen LogP contribution is -2.48. The fraction of sp³-hybridized carbons (Fsp3) is 0.600. The summed E-state index contributed by atoms with van der Waals surface area (Å²) in [4.78, 5) is 28.3. The molecule has 8 heteroatoms. The maximum absolute atomic E-state index is 12.7. The first-order valence-corrected chi connectivity index (χ1v) is 9.54. The van der Waals surface area contributed by atoms with Gasteiger partial charge in [0, 0.05) is 51.9 Å². The first-order valence-electron chi connectivity index (χ1n) is 9.54. The van der Waals surface area contributed by atoms with Gasteiger partial charge in [0.2, 0.25) is 11.8 Å². The number of methoxy groups -OCH3 is 2. The Balaban J connectivity index is 1.62. The Labute approximate surface area is 165 Å². The number of piperidine rings is 1. The van der Waals surface area contributed by atoms with E-state index in [0.717, 1.165) is 0 Å². The Hall–Kier alpha value is -2.32. The number of rotatable bonds is 6. The molecule has 1 spiro atoms. The number of carbonyl (C=O) groups is 2. The Bertz CT molecular complexity index is 707. The summed E-state index contributed by atoms with van der Waals surface area (Å²) in [7, 11) is 3.11. The molecule has 0 saturated carbocycles. The van der Waals surface area contributed by atoms with Crippen LogP contribution >= 0.6 is 0 Å². The fourth-order valence-corrected chi connectivity index (χ4v) is 3.70. The van der Waals surface area contributed by atoms with Crippen molar-refractivity contribution < 1.29 is 28.5 Å². The van der Waals surface area contributed by atoms with E-state index >= 15 is 0 Å². The second-order valence-corrected chi connectivity index (χ2v) is 6.95. The number of likely N-dealkylation sites (tertiary alicyclic amines) is 1. The monoisotopic (exact) mass is 392 g/mol. The molecule has 0 aromatic heterocycles. The number of carbonyl (C=O) groups excluding carboxylic acids is 2. The van der Waals surface area contributed by atoms with Gasteiger partial charge in [-0.1, -0.05) is 0 Å². The number of benzene rings is 1. The van der Waals surface area contributed by atoms with Gasteiger partial charge in [-0.25, -0.2) is 0 Å². The molecular weight excluding hydrogens is 364 g/mol. The normalized spacial score (nSPS) is 18.2. The molecule has 0 aliphatic carbocycles. The predicted octanol–water partition coefficient (Wildman–Crippen LogP) is 1.81. The lowest BCUT2D eigenvalue weighted by atomic mass is 10.0. The van der Waals surface area contributed by atoms with Crippen LogP contribution in [0.5, 0.6) is 11.5 Å². The van der Waals surface area contributed by atoms with Gasteiger partial charge in [0.25, 0.3) is 0 Å². The molecule has 2 aliphatic rings. The van der Waals surface area contributed by atoms with Crippen molar-refractivity contribution in [3.05, 3.63) is 18.2 Å². The van der Waals surface area contributed by atoms with Crippen LogP contribution < -0.4 is 14.4 Å². The second-order valence-electron chi connectivity index (χ2n) is 6.95. The zero-order chi connectivity index (χ0) is 20.1. The molecular formula is C20H28N2O6. The van der Waals surface area contributed by atoms with Crippen LogP contribution in [0, 0.1) is 0 Å². The number of hydrogen-bond acceptors (Lipinski definition) is 6.